The summed E-state index contributed by atoms with van der Waals surface area (Å²) in [5, 5.41) is 32.9. The van der Waals surface area contributed by atoms with Crippen LogP contribution in [0.2, 0.25) is 0 Å². The molecule has 0 aliphatic carbocycles. The third-order valence-corrected chi connectivity index (χ3v) is 3.01. The minimum Gasteiger partial charge on any atom is -0.481 e. The number of carbonyl (C=O) groups excluding carboxylic acids is 3. The predicted molar refractivity (Wildman–Crippen MR) is 82.1 cm³/mol. The van der Waals surface area contributed by atoms with Crippen LogP contribution in [0.1, 0.15) is 20.3 Å². The van der Waals surface area contributed by atoms with Gasteiger partial charge < -0.3 is 37.0 Å². The predicted octanol–water partition coefficient (Wildman–Crippen LogP) is -3.64. The summed E-state index contributed by atoms with van der Waals surface area (Å²) in [6.07, 6.45) is -1.94. The van der Waals surface area contributed by atoms with Crippen molar-refractivity contribution in [1.82, 2.24) is 16.0 Å². The maximum absolute atomic E-state index is 11.8. The van der Waals surface area contributed by atoms with Gasteiger partial charge >= 0.3 is 11.9 Å². The Labute approximate surface area is 142 Å². The van der Waals surface area contributed by atoms with E-state index >= 15 is 0 Å². The smallest absolute Gasteiger partial charge is 0.326 e. The molecule has 0 aromatic carbocycles. The van der Waals surface area contributed by atoms with E-state index in [9.17, 15) is 24.0 Å². The zero-order valence-electron chi connectivity index (χ0n) is 13.7. The second-order valence-electron chi connectivity index (χ2n) is 5.27. The van der Waals surface area contributed by atoms with E-state index in [0.717, 1.165) is 0 Å². The zero-order valence-corrected chi connectivity index (χ0v) is 13.7. The fourth-order valence-corrected chi connectivity index (χ4v) is 1.53. The molecule has 0 rings (SSSR count). The first kappa shape index (κ1) is 22.3. The van der Waals surface area contributed by atoms with Crippen molar-refractivity contribution in [2.75, 3.05) is 6.54 Å². The first-order valence-electron chi connectivity index (χ1n) is 7.21. The van der Waals surface area contributed by atoms with Crippen molar-refractivity contribution in [3.63, 3.8) is 0 Å². The van der Waals surface area contributed by atoms with Crippen LogP contribution in [-0.4, -0.2) is 75.8 Å². The van der Waals surface area contributed by atoms with Crippen molar-refractivity contribution in [3.05, 3.63) is 0 Å². The maximum atomic E-state index is 11.8. The Kier molecular flexibility index (Phi) is 9.09. The number of aliphatic carboxylic acids is 2. The van der Waals surface area contributed by atoms with Crippen LogP contribution in [0, 0.1) is 0 Å². The molecule has 0 aromatic heterocycles. The molecular formula is C13H22N4O8. The highest BCUT2D eigenvalue weighted by Gasteiger charge is 2.26. The lowest BCUT2D eigenvalue weighted by Gasteiger charge is -2.18. The number of aliphatic hydroxyl groups excluding tert-OH is 1. The summed E-state index contributed by atoms with van der Waals surface area (Å²) in [5.41, 5.74) is 5.36. The molecule has 0 saturated carbocycles. The van der Waals surface area contributed by atoms with Gasteiger partial charge in [-0.15, -0.1) is 0 Å². The molecule has 0 heterocycles. The molecule has 0 saturated heterocycles. The maximum Gasteiger partial charge on any atom is 0.326 e. The molecule has 0 aromatic rings. The van der Waals surface area contributed by atoms with Gasteiger partial charge in [-0.2, -0.15) is 0 Å². The largest absolute Gasteiger partial charge is 0.481 e. The number of rotatable bonds is 10. The van der Waals surface area contributed by atoms with E-state index in [-0.39, 0.29) is 0 Å². The molecule has 0 radical (unpaired) electrons. The Morgan fingerprint density at radius 3 is 2.00 bits per heavy atom. The SMILES string of the molecule is CC(NC(=O)CNC(=O)C(N)C(C)O)C(=O)NC(CC(=O)O)C(=O)O. The van der Waals surface area contributed by atoms with E-state index in [1.807, 2.05) is 5.32 Å². The summed E-state index contributed by atoms with van der Waals surface area (Å²) >= 11 is 0. The van der Waals surface area contributed by atoms with Crippen LogP contribution in [0.5, 0.6) is 0 Å². The molecule has 3 amide bonds. The van der Waals surface area contributed by atoms with Crippen LogP contribution in [0.4, 0.5) is 0 Å². The summed E-state index contributed by atoms with van der Waals surface area (Å²) in [5.74, 6) is -5.39. The van der Waals surface area contributed by atoms with Gasteiger partial charge in [0.05, 0.1) is 19.1 Å². The molecule has 0 spiro atoms. The quantitative estimate of drug-likeness (QED) is 0.204. The van der Waals surface area contributed by atoms with Crippen LogP contribution in [0.25, 0.3) is 0 Å². The van der Waals surface area contributed by atoms with Crippen molar-refractivity contribution >= 4 is 29.7 Å². The number of amides is 3. The van der Waals surface area contributed by atoms with E-state index in [4.69, 9.17) is 21.1 Å². The highest BCUT2D eigenvalue weighted by molar-refractivity contribution is 5.93. The lowest BCUT2D eigenvalue weighted by molar-refractivity contribution is -0.147. The van der Waals surface area contributed by atoms with Gasteiger partial charge in [0.2, 0.25) is 17.7 Å². The Bertz CT molecular complexity index is 536. The average molecular weight is 362 g/mol. The molecule has 0 fully saturated rings. The van der Waals surface area contributed by atoms with Crippen molar-refractivity contribution in [1.29, 1.82) is 0 Å². The van der Waals surface area contributed by atoms with Crippen LogP contribution < -0.4 is 21.7 Å². The minimum absolute atomic E-state index is 0.519. The van der Waals surface area contributed by atoms with E-state index in [2.05, 4.69) is 10.6 Å². The van der Waals surface area contributed by atoms with Crippen molar-refractivity contribution in [2.45, 2.75) is 44.5 Å². The van der Waals surface area contributed by atoms with E-state index < -0.39 is 66.9 Å². The van der Waals surface area contributed by atoms with Crippen molar-refractivity contribution in [2.24, 2.45) is 5.73 Å². The number of hydrogen-bond acceptors (Lipinski definition) is 7. The first-order chi connectivity index (χ1) is 11.5. The molecule has 142 valence electrons. The molecule has 0 aliphatic heterocycles. The van der Waals surface area contributed by atoms with Gasteiger partial charge in [0.25, 0.3) is 0 Å². The fraction of sp³-hybridized carbons (Fsp3) is 0.615. The molecule has 0 aliphatic rings. The summed E-state index contributed by atoms with van der Waals surface area (Å²) in [6.45, 7) is 2.03. The van der Waals surface area contributed by atoms with Crippen LogP contribution in [-0.2, 0) is 24.0 Å². The van der Waals surface area contributed by atoms with Gasteiger partial charge in [0, 0.05) is 0 Å². The normalized spacial score (nSPS) is 15.2. The van der Waals surface area contributed by atoms with Gasteiger partial charge in [0.1, 0.15) is 18.1 Å². The van der Waals surface area contributed by atoms with Gasteiger partial charge in [-0.3, -0.25) is 19.2 Å². The number of nitrogens with two attached hydrogens (primary N) is 1. The molecule has 25 heavy (non-hydrogen) atoms. The summed E-state index contributed by atoms with van der Waals surface area (Å²) in [7, 11) is 0. The minimum atomic E-state index is -1.65. The van der Waals surface area contributed by atoms with Gasteiger partial charge in [0.15, 0.2) is 0 Å². The van der Waals surface area contributed by atoms with Gasteiger partial charge in [-0.25, -0.2) is 4.79 Å². The lowest BCUT2D eigenvalue weighted by atomic mass is 10.2. The lowest BCUT2D eigenvalue weighted by Crippen LogP contribution is -2.53. The van der Waals surface area contributed by atoms with E-state index in [0.29, 0.717) is 0 Å². The van der Waals surface area contributed by atoms with E-state index in [1.165, 1.54) is 13.8 Å². The highest BCUT2D eigenvalue weighted by Crippen LogP contribution is 1.95. The zero-order chi connectivity index (χ0) is 19.7. The number of nitrogens with one attached hydrogen (secondary N) is 3. The number of carboxylic acid groups (broad SMARTS) is 2. The highest BCUT2D eigenvalue weighted by atomic mass is 16.4. The monoisotopic (exact) mass is 362 g/mol. The van der Waals surface area contributed by atoms with Crippen LogP contribution >= 0.6 is 0 Å². The van der Waals surface area contributed by atoms with Crippen molar-refractivity contribution in [3.8, 4) is 0 Å². The third kappa shape index (κ3) is 8.62. The summed E-state index contributed by atoms with van der Waals surface area (Å²) < 4.78 is 0. The Hall–Kier alpha value is -2.73. The molecule has 4 unspecified atom stereocenters. The molecule has 8 N–H and O–H groups in total. The van der Waals surface area contributed by atoms with E-state index in [1.54, 1.807) is 0 Å². The molecular weight excluding hydrogens is 340 g/mol. The second-order valence-corrected chi connectivity index (χ2v) is 5.27. The second kappa shape index (κ2) is 10.2. The summed E-state index contributed by atoms with van der Waals surface area (Å²) in [4.78, 5) is 56.3. The molecule has 12 nitrogen and oxygen atoms in total. The molecule has 0 bridgehead atoms. The average Bonchev–Trinajstić information content (AvgIpc) is 2.50. The summed E-state index contributed by atoms with van der Waals surface area (Å²) in [6, 6.07) is -4.04. The van der Waals surface area contributed by atoms with Gasteiger partial charge in [-0.05, 0) is 13.8 Å². The number of aliphatic hydroxyl groups is 1. The topological polar surface area (TPSA) is 208 Å². The van der Waals surface area contributed by atoms with Crippen LogP contribution in [0.3, 0.4) is 0 Å². The Morgan fingerprint density at radius 1 is 1.00 bits per heavy atom. The number of hydrogen-bond donors (Lipinski definition) is 7. The first-order valence-corrected chi connectivity index (χ1v) is 7.21. The third-order valence-electron chi connectivity index (χ3n) is 3.01. The van der Waals surface area contributed by atoms with Crippen LogP contribution in [0.15, 0.2) is 0 Å². The Balaban J connectivity index is 4.46. The number of carboxylic acids is 2. The standard InChI is InChI=1S/C13H22N4O8/c1-5(11(22)17-7(13(24)25)3-9(20)21)16-8(19)4-15-12(23)10(14)6(2)18/h5-7,10,18H,3-4,14H2,1-2H3,(H,15,23)(H,16,19)(H,17,22)(H,20,21)(H,24,25). The number of carbonyl (C=O) groups is 5. The molecule has 12 heteroatoms. The Morgan fingerprint density at radius 2 is 1.56 bits per heavy atom. The molecule has 4 atom stereocenters. The fourth-order valence-electron chi connectivity index (χ4n) is 1.53. The van der Waals surface area contributed by atoms with Crippen molar-refractivity contribution < 1.29 is 39.3 Å². The van der Waals surface area contributed by atoms with Gasteiger partial charge in [-0.1, -0.05) is 0 Å².